The van der Waals surface area contributed by atoms with Crippen molar-refractivity contribution in [2.24, 2.45) is 0 Å². The van der Waals surface area contributed by atoms with Crippen LogP contribution in [-0.4, -0.2) is 23.6 Å². The number of anilines is 2. The molecule has 2 aliphatic heterocycles. The van der Waals surface area contributed by atoms with Crippen molar-refractivity contribution in [2.45, 2.75) is 0 Å². The molecule has 4 amide bonds. The molecule has 14 rings (SSSR count). The van der Waals surface area contributed by atoms with Crippen molar-refractivity contribution in [3.63, 3.8) is 0 Å². The summed E-state index contributed by atoms with van der Waals surface area (Å²) < 4.78 is 10.7. The molecule has 0 N–H and O–H groups in total. The van der Waals surface area contributed by atoms with Crippen LogP contribution in [0, 0.1) is 0 Å². The van der Waals surface area contributed by atoms with Crippen molar-refractivity contribution in [1.82, 2.24) is 0 Å². The highest BCUT2D eigenvalue weighted by Gasteiger charge is 2.40. The quantitative estimate of drug-likeness (QED) is 0.0898. The first-order valence-electron chi connectivity index (χ1n) is 27.3. The average Bonchev–Trinajstić information content (AvgIpc) is 4.08. The maximum absolute atomic E-state index is 14.6. The lowest BCUT2D eigenvalue weighted by Crippen LogP contribution is -2.37. The minimum absolute atomic E-state index is 0.171. The molecule has 10 aromatic carbocycles. The molecule has 0 saturated carbocycles. The lowest BCUT2D eigenvalue weighted by molar-refractivity contribution is -0.572. The first-order valence-corrected chi connectivity index (χ1v) is 27.3. The predicted molar refractivity (Wildman–Crippen MR) is 324 cm³/mol. The molecule has 2 aromatic heterocycles. The van der Waals surface area contributed by atoms with Gasteiger partial charge in [0.1, 0.15) is 11.5 Å². The molecule has 0 atom stereocenters. The molecular weight excluding hydrogens is 1020 g/mol. The fourth-order valence-corrected chi connectivity index (χ4v) is 11.3. The molecule has 0 unspecified atom stereocenters. The summed E-state index contributed by atoms with van der Waals surface area (Å²) in [6.07, 6.45) is 0. The number of aromatic nitrogens is 2. The van der Waals surface area contributed by atoms with E-state index in [9.17, 15) is 19.2 Å². The average molecular weight is 1070 g/mol. The molecule has 4 heterocycles. The number of ether oxygens (including phenoxy) is 1. The zero-order valence-electron chi connectivity index (χ0n) is 44.5. The van der Waals surface area contributed by atoms with Crippen molar-refractivity contribution >= 4 is 35.0 Å². The number of benzene rings is 10. The molecular formula is C74H48N4O5+2. The van der Waals surface area contributed by atoms with Gasteiger partial charge in [0.2, 0.25) is 34.2 Å². The first-order chi connectivity index (χ1) is 40.8. The van der Waals surface area contributed by atoms with E-state index in [-0.39, 0.29) is 33.8 Å². The van der Waals surface area contributed by atoms with Crippen LogP contribution in [0.1, 0.15) is 41.4 Å². The number of pyridine rings is 2. The number of amides is 4. The second-order valence-electron chi connectivity index (χ2n) is 20.3. The van der Waals surface area contributed by atoms with Crippen molar-refractivity contribution in [3.8, 4) is 90.2 Å². The van der Waals surface area contributed by atoms with E-state index < -0.39 is 23.6 Å². The number of nitrogens with zero attached hydrogens (tertiary/aromatic N) is 4. The summed E-state index contributed by atoms with van der Waals surface area (Å²) in [6, 6.07) is 94.3. The summed E-state index contributed by atoms with van der Waals surface area (Å²) in [5.74, 6) is -1.40. The summed E-state index contributed by atoms with van der Waals surface area (Å²) in [6.45, 7) is 0. The Hall–Kier alpha value is -11.4. The zero-order valence-corrected chi connectivity index (χ0v) is 44.5. The van der Waals surface area contributed by atoms with Crippen LogP contribution in [0.4, 0.5) is 11.4 Å². The van der Waals surface area contributed by atoms with Crippen LogP contribution in [0.2, 0.25) is 0 Å². The van der Waals surface area contributed by atoms with Gasteiger partial charge in [-0.15, -0.1) is 0 Å². The summed E-state index contributed by atoms with van der Waals surface area (Å²) in [4.78, 5) is 60.3. The van der Waals surface area contributed by atoms with E-state index in [1.807, 2.05) is 146 Å². The molecule has 0 aliphatic carbocycles. The lowest BCUT2D eigenvalue weighted by Gasteiger charge is -2.16. The first kappa shape index (κ1) is 49.8. The van der Waals surface area contributed by atoms with Crippen molar-refractivity contribution in [3.05, 3.63) is 313 Å². The molecule has 0 spiro atoms. The molecule has 0 bridgehead atoms. The standard InChI is InChI=1S/C74H48N4O5/c79-71-63-39-37-61(47-65(63)73(81)77(71)59-35-19-33-57(45-59)75-67(51-25-11-3-12-26-51)41-55(49-21-7-1-8-22-49)42-68(75)52-27-13-4-14-28-52)83-62-38-40-64-66(48-62)74(82)78(72(64)80)60-36-20-34-58(46-60)76-69(53-29-15-5-16-30-53)43-56(50-23-9-2-10-24-50)44-70(76)54-31-17-6-18-32-54/h1-48H/q+2. The smallest absolute Gasteiger partial charge is 0.266 e. The normalized spacial score (nSPS) is 12.6. The van der Waals surface area contributed by atoms with Crippen LogP contribution in [0.25, 0.3) is 78.7 Å². The maximum Gasteiger partial charge on any atom is 0.266 e. The predicted octanol–water partition coefficient (Wildman–Crippen LogP) is 15.6. The van der Waals surface area contributed by atoms with Gasteiger partial charge in [-0.1, -0.05) is 146 Å². The molecule has 83 heavy (non-hydrogen) atoms. The van der Waals surface area contributed by atoms with Gasteiger partial charge in [0.15, 0.2) is 0 Å². The van der Waals surface area contributed by atoms with E-state index in [0.717, 1.165) is 78.7 Å². The SMILES string of the molecule is O=C1c2ccc(Oc3ccc4c(c3)C(=O)N(c3cccc(-[n+]5c(-c6ccccc6)cc(-c6ccccc6)cc5-c5ccccc5)c3)C4=O)cc2C(=O)N1c1cccc(-[n+]2c(-c3ccccc3)cc(-c3ccccc3)cc2-c2ccccc2)c1. The third-order valence-corrected chi connectivity index (χ3v) is 15.3. The lowest BCUT2D eigenvalue weighted by atomic mass is 9.98. The number of imide groups is 2. The molecule has 392 valence electrons. The summed E-state index contributed by atoms with van der Waals surface area (Å²) in [7, 11) is 0. The highest BCUT2D eigenvalue weighted by molar-refractivity contribution is 6.35. The van der Waals surface area contributed by atoms with Gasteiger partial charge in [0, 0.05) is 70.8 Å². The van der Waals surface area contributed by atoms with Gasteiger partial charge in [0.05, 0.1) is 33.6 Å². The van der Waals surface area contributed by atoms with Crippen molar-refractivity contribution in [2.75, 3.05) is 9.80 Å². The Bertz CT molecular complexity index is 4130. The van der Waals surface area contributed by atoms with Gasteiger partial charge >= 0.3 is 0 Å². The third-order valence-electron chi connectivity index (χ3n) is 15.3. The van der Waals surface area contributed by atoms with Crippen LogP contribution in [0.3, 0.4) is 0 Å². The summed E-state index contributed by atoms with van der Waals surface area (Å²) >= 11 is 0. The van der Waals surface area contributed by atoms with E-state index in [1.165, 1.54) is 9.80 Å². The fraction of sp³-hybridized carbons (Fsp3) is 0. The number of hydrogen-bond donors (Lipinski definition) is 0. The second kappa shape index (κ2) is 21.0. The van der Waals surface area contributed by atoms with Crippen molar-refractivity contribution in [1.29, 1.82) is 0 Å². The maximum atomic E-state index is 14.6. The molecule has 9 nitrogen and oxygen atoms in total. The minimum atomic E-state index is -0.506. The van der Waals surface area contributed by atoms with Gasteiger partial charge in [-0.3, -0.25) is 19.2 Å². The Balaban J connectivity index is 0.765. The minimum Gasteiger partial charge on any atom is -0.457 e. The molecule has 9 heteroatoms. The number of rotatable bonds is 12. The topological polar surface area (TPSA) is 91.7 Å². The molecule has 0 fully saturated rings. The molecule has 0 saturated heterocycles. The van der Waals surface area contributed by atoms with E-state index in [1.54, 1.807) is 48.5 Å². The van der Waals surface area contributed by atoms with Crippen LogP contribution in [0.5, 0.6) is 11.5 Å². The Morgan fingerprint density at radius 2 is 0.530 bits per heavy atom. The number of carbonyl (C=O) groups excluding carboxylic acids is 4. The van der Waals surface area contributed by atoms with Gasteiger partial charge in [-0.25, -0.2) is 9.80 Å². The van der Waals surface area contributed by atoms with E-state index in [4.69, 9.17) is 4.74 Å². The van der Waals surface area contributed by atoms with Gasteiger partial charge in [-0.2, -0.15) is 9.13 Å². The van der Waals surface area contributed by atoms with Gasteiger partial charge in [-0.05, 0) is 119 Å². The fourth-order valence-electron chi connectivity index (χ4n) is 11.3. The van der Waals surface area contributed by atoms with Crippen LogP contribution in [0.15, 0.2) is 291 Å². The number of fused-ring (bicyclic) bond motifs is 2. The second-order valence-corrected chi connectivity index (χ2v) is 20.3. The Labute approximate surface area is 479 Å². The van der Waals surface area contributed by atoms with Crippen LogP contribution in [-0.2, 0) is 0 Å². The summed E-state index contributed by atoms with van der Waals surface area (Å²) in [5, 5.41) is 0. The molecule has 2 aliphatic rings. The molecule has 0 radical (unpaired) electrons. The van der Waals surface area contributed by atoms with Crippen LogP contribution >= 0.6 is 0 Å². The number of carbonyl (C=O) groups is 4. The van der Waals surface area contributed by atoms with Gasteiger partial charge < -0.3 is 4.74 Å². The Morgan fingerprint density at radius 3 is 0.843 bits per heavy atom. The summed E-state index contributed by atoms with van der Waals surface area (Å²) in [5.41, 5.74) is 14.9. The van der Waals surface area contributed by atoms with E-state index in [2.05, 4.69) is 106 Å². The Morgan fingerprint density at radius 1 is 0.241 bits per heavy atom. The van der Waals surface area contributed by atoms with Gasteiger partial charge in [0.25, 0.3) is 23.6 Å². The zero-order chi connectivity index (χ0) is 56.0. The van der Waals surface area contributed by atoms with E-state index in [0.29, 0.717) is 11.4 Å². The van der Waals surface area contributed by atoms with Crippen molar-refractivity contribution < 1.29 is 33.0 Å². The monoisotopic (exact) mass is 1070 g/mol. The van der Waals surface area contributed by atoms with Crippen LogP contribution < -0.4 is 23.7 Å². The highest BCUT2D eigenvalue weighted by atomic mass is 16.5. The highest BCUT2D eigenvalue weighted by Crippen LogP contribution is 2.38. The molecule has 12 aromatic rings. The largest absolute Gasteiger partial charge is 0.457 e. The number of hydrogen-bond acceptors (Lipinski definition) is 5. The Kier molecular flexibility index (Phi) is 12.6. The third kappa shape index (κ3) is 9.14. The van der Waals surface area contributed by atoms with E-state index >= 15 is 0 Å².